The van der Waals surface area contributed by atoms with Crippen molar-refractivity contribution in [3.8, 4) is 0 Å². The van der Waals surface area contributed by atoms with E-state index in [-0.39, 0.29) is 17.4 Å². The molecule has 0 bridgehead atoms. The average molecular weight is 277 g/mol. The number of rotatable bonds is 4. The molecule has 17 heavy (non-hydrogen) atoms. The Bertz CT molecular complexity index is 495. The standard InChI is InChI=1S/C9H11NO5S2/c11-9(12)6-4-15-5-7(6)10-17(13,14)8-2-1-3-16-8/h1-3,6-7,10H,4-5H2,(H,11,12). The molecule has 1 fully saturated rings. The van der Waals surface area contributed by atoms with Crippen molar-refractivity contribution in [2.24, 2.45) is 5.92 Å². The Morgan fingerprint density at radius 2 is 2.29 bits per heavy atom. The normalized spacial score (nSPS) is 24.9. The zero-order valence-electron chi connectivity index (χ0n) is 8.70. The van der Waals surface area contributed by atoms with Crippen molar-refractivity contribution in [3.63, 3.8) is 0 Å². The number of carbonyl (C=O) groups is 1. The molecule has 0 amide bonds. The Kier molecular flexibility index (Phi) is 3.48. The van der Waals surface area contributed by atoms with E-state index >= 15 is 0 Å². The zero-order valence-corrected chi connectivity index (χ0v) is 10.3. The van der Waals surface area contributed by atoms with E-state index in [0.29, 0.717) is 0 Å². The van der Waals surface area contributed by atoms with Crippen molar-refractivity contribution < 1.29 is 23.1 Å². The Morgan fingerprint density at radius 3 is 2.88 bits per heavy atom. The summed E-state index contributed by atoms with van der Waals surface area (Å²) in [6.45, 7) is 0.120. The molecule has 0 radical (unpaired) electrons. The minimum atomic E-state index is -3.64. The highest BCUT2D eigenvalue weighted by molar-refractivity contribution is 7.91. The van der Waals surface area contributed by atoms with E-state index in [1.54, 1.807) is 11.4 Å². The van der Waals surface area contributed by atoms with E-state index in [0.717, 1.165) is 11.3 Å². The molecule has 6 nitrogen and oxygen atoms in total. The number of thiophene rings is 1. The smallest absolute Gasteiger partial charge is 0.310 e. The van der Waals surface area contributed by atoms with Gasteiger partial charge in [-0.25, -0.2) is 13.1 Å². The summed E-state index contributed by atoms with van der Waals surface area (Å²) in [5, 5.41) is 10.5. The highest BCUT2D eigenvalue weighted by atomic mass is 32.2. The van der Waals surface area contributed by atoms with Gasteiger partial charge in [0.15, 0.2) is 0 Å². The summed E-state index contributed by atoms with van der Waals surface area (Å²) in [5.41, 5.74) is 0. The predicted octanol–water partition coefficient (Wildman–Crippen LogP) is 0.126. The van der Waals surface area contributed by atoms with Gasteiger partial charge in [-0.15, -0.1) is 11.3 Å². The first kappa shape index (κ1) is 12.5. The van der Waals surface area contributed by atoms with Crippen molar-refractivity contribution in [2.45, 2.75) is 10.3 Å². The molecule has 2 rings (SSSR count). The van der Waals surface area contributed by atoms with Crippen LogP contribution in [0, 0.1) is 5.92 Å². The van der Waals surface area contributed by atoms with E-state index < -0.39 is 28.0 Å². The van der Waals surface area contributed by atoms with E-state index in [2.05, 4.69) is 4.72 Å². The lowest BCUT2D eigenvalue weighted by Crippen LogP contribution is -2.42. The SMILES string of the molecule is O=C(O)C1COCC1NS(=O)(=O)c1cccs1. The minimum absolute atomic E-state index is 0.0347. The lowest BCUT2D eigenvalue weighted by atomic mass is 10.1. The third-order valence-electron chi connectivity index (χ3n) is 2.46. The number of hydrogen-bond acceptors (Lipinski definition) is 5. The van der Waals surface area contributed by atoms with Crippen LogP contribution < -0.4 is 4.72 Å². The molecule has 2 heterocycles. The van der Waals surface area contributed by atoms with Crippen molar-refractivity contribution in [1.29, 1.82) is 0 Å². The van der Waals surface area contributed by atoms with Crippen LogP contribution >= 0.6 is 11.3 Å². The summed E-state index contributed by atoms with van der Waals surface area (Å²) in [7, 11) is -3.64. The Balaban J connectivity index is 2.14. The number of ether oxygens (including phenoxy) is 1. The van der Waals surface area contributed by atoms with Gasteiger partial charge in [0, 0.05) is 0 Å². The molecule has 0 saturated carbocycles. The summed E-state index contributed by atoms with van der Waals surface area (Å²) in [6, 6.07) is 2.39. The third kappa shape index (κ3) is 2.65. The van der Waals surface area contributed by atoms with Crippen LogP contribution in [0.3, 0.4) is 0 Å². The lowest BCUT2D eigenvalue weighted by molar-refractivity contribution is -0.142. The van der Waals surface area contributed by atoms with Gasteiger partial charge in [-0.3, -0.25) is 4.79 Å². The molecule has 1 saturated heterocycles. The molecular weight excluding hydrogens is 266 g/mol. The van der Waals surface area contributed by atoms with Gasteiger partial charge in [0.2, 0.25) is 10.0 Å². The van der Waals surface area contributed by atoms with Gasteiger partial charge in [0.1, 0.15) is 4.21 Å². The van der Waals surface area contributed by atoms with Gasteiger partial charge >= 0.3 is 5.97 Å². The number of carboxylic acids is 1. The van der Waals surface area contributed by atoms with Crippen LogP contribution in [0.2, 0.25) is 0 Å². The number of nitrogens with one attached hydrogen (secondary N) is 1. The highest BCUT2D eigenvalue weighted by Gasteiger charge is 2.37. The van der Waals surface area contributed by atoms with E-state index in [4.69, 9.17) is 9.84 Å². The minimum Gasteiger partial charge on any atom is -0.481 e. The van der Waals surface area contributed by atoms with Crippen LogP contribution in [0.1, 0.15) is 0 Å². The molecule has 8 heteroatoms. The molecule has 2 unspecified atom stereocenters. The van der Waals surface area contributed by atoms with Crippen molar-refractivity contribution in [3.05, 3.63) is 17.5 Å². The Hall–Kier alpha value is -0.960. The van der Waals surface area contributed by atoms with Gasteiger partial charge < -0.3 is 9.84 Å². The molecule has 1 aromatic rings. The molecule has 0 aliphatic carbocycles. The van der Waals surface area contributed by atoms with Crippen molar-refractivity contribution in [1.82, 2.24) is 4.72 Å². The fourth-order valence-electron chi connectivity index (χ4n) is 1.59. The molecule has 0 spiro atoms. The predicted molar refractivity (Wildman–Crippen MR) is 60.4 cm³/mol. The Labute approximate surface area is 102 Å². The molecule has 94 valence electrons. The Morgan fingerprint density at radius 1 is 1.53 bits per heavy atom. The second kappa shape index (κ2) is 4.73. The molecule has 1 aromatic heterocycles. The summed E-state index contributed by atoms with van der Waals surface area (Å²) < 4.78 is 31.3. The number of sulfonamides is 1. The van der Waals surface area contributed by atoms with Crippen LogP contribution in [0.5, 0.6) is 0 Å². The van der Waals surface area contributed by atoms with Gasteiger partial charge in [-0.1, -0.05) is 6.07 Å². The molecular formula is C9H11NO5S2. The first-order valence-corrected chi connectivity index (χ1v) is 7.23. The van der Waals surface area contributed by atoms with Gasteiger partial charge in [0.05, 0.1) is 25.2 Å². The quantitative estimate of drug-likeness (QED) is 0.816. The monoisotopic (exact) mass is 277 g/mol. The lowest BCUT2D eigenvalue weighted by Gasteiger charge is -2.14. The van der Waals surface area contributed by atoms with Crippen molar-refractivity contribution >= 4 is 27.3 Å². The summed E-state index contributed by atoms with van der Waals surface area (Å²) in [5.74, 6) is -1.88. The van der Waals surface area contributed by atoms with E-state index in [1.807, 2.05) is 0 Å². The molecule has 1 aliphatic rings. The van der Waals surface area contributed by atoms with Crippen LogP contribution in [0.15, 0.2) is 21.7 Å². The number of carboxylic acid groups (broad SMARTS) is 1. The molecule has 2 N–H and O–H groups in total. The first-order valence-electron chi connectivity index (χ1n) is 4.87. The number of aliphatic carboxylic acids is 1. The second-order valence-corrected chi connectivity index (χ2v) is 6.53. The molecule has 2 atom stereocenters. The van der Waals surface area contributed by atoms with Crippen LogP contribution in [-0.2, 0) is 19.6 Å². The summed E-state index contributed by atoms with van der Waals surface area (Å²) in [4.78, 5) is 10.9. The fourth-order valence-corrected chi connectivity index (χ4v) is 3.86. The van der Waals surface area contributed by atoms with Crippen molar-refractivity contribution in [2.75, 3.05) is 13.2 Å². The first-order chi connectivity index (χ1) is 8.00. The largest absolute Gasteiger partial charge is 0.481 e. The second-order valence-electron chi connectivity index (χ2n) is 3.64. The van der Waals surface area contributed by atoms with Crippen LogP contribution in [0.25, 0.3) is 0 Å². The van der Waals surface area contributed by atoms with Gasteiger partial charge in [0.25, 0.3) is 0 Å². The number of hydrogen-bond donors (Lipinski definition) is 2. The summed E-state index contributed by atoms with van der Waals surface area (Å²) >= 11 is 1.08. The van der Waals surface area contributed by atoms with E-state index in [1.165, 1.54) is 6.07 Å². The zero-order chi connectivity index (χ0) is 12.5. The van der Waals surface area contributed by atoms with Crippen LogP contribution in [-0.4, -0.2) is 38.7 Å². The average Bonchev–Trinajstić information content (AvgIpc) is 2.85. The molecule has 0 aromatic carbocycles. The topological polar surface area (TPSA) is 92.7 Å². The maximum absolute atomic E-state index is 11.9. The van der Waals surface area contributed by atoms with Gasteiger partial charge in [-0.05, 0) is 11.4 Å². The van der Waals surface area contributed by atoms with E-state index in [9.17, 15) is 13.2 Å². The highest BCUT2D eigenvalue weighted by Crippen LogP contribution is 2.20. The van der Waals surface area contributed by atoms with Crippen LogP contribution in [0.4, 0.5) is 0 Å². The third-order valence-corrected chi connectivity index (χ3v) is 5.35. The maximum Gasteiger partial charge on any atom is 0.310 e. The fraction of sp³-hybridized carbons (Fsp3) is 0.444. The summed E-state index contributed by atoms with van der Waals surface area (Å²) in [6.07, 6.45) is 0. The molecule has 1 aliphatic heterocycles. The maximum atomic E-state index is 11.9. The van der Waals surface area contributed by atoms with Gasteiger partial charge in [-0.2, -0.15) is 0 Å².